The van der Waals surface area contributed by atoms with Crippen LogP contribution in [0.2, 0.25) is 0 Å². The van der Waals surface area contributed by atoms with Gasteiger partial charge >= 0.3 is 0 Å². The molecule has 0 spiro atoms. The van der Waals surface area contributed by atoms with E-state index in [0.29, 0.717) is 30.9 Å². The Balaban J connectivity index is 1.45. The van der Waals surface area contributed by atoms with Crippen LogP contribution < -0.4 is 15.6 Å². The number of amides is 1. The number of aromatic amines is 1. The van der Waals surface area contributed by atoms with Gasteiger partial charge in [-0.25, -0.2) is 4.39 Å². The Kier molecular flexibility index (Phi) is 5.99. The normalized spacial score (nSPS) is 11.0. The van der Waals surface area contributed by atoms with E-state index < -0.39 is 0 Å². The van der Waals surface area contributed by atoms with Crippen LogP contribution in [0, 0.1) is 5.82 Å². The third-order valence-corrected chi connectivity index (χ3v) is 3.90. The third kappa shape index (κ3) is 5.28. The van der Waals surface area contributed by atoms with Crippen LogP contribution in [-0.2, 0) is 4.79 Å². The van der Waals surface area contributed by atoms with E-state index in [0.717, 1.165) is 10.9 Å². The summed E-state index contributed by atoms with van der Waals surface area (Å²) in [4.78, 5) is 26.7. The Morgan fingerprint density at radius 2 is 1.93 bits per heavy atom. The molecule has 5 nitrogen and oxygen atoms in total. The van der Waals surface area contributed by atoms with Crippen molar-refractivity contribution in [3.63, 3.8) is 0 Å². The molecule has 1 amide bonds. The van der Waals surface area contributed by atoms with Crippen molar-refractivity contribution < 1.29 is 13.9 Å². The lowest BCUT2D eigenvalue weighted by atomic mass is 10.1. The van der Waals surface area contributed by atoms with Crippen LogP contribution in [0.4, 0.5) is 4.39 Å². The molecule has 3 aromatic rings. The van der Waals surface area contributed by atoms with Gasteiger partial charge in [0.25, 0.3) is 5.56 Å². The van der Waals surface area contributed by atoms with Crippen LogP contribution in [0.3, 0.4) is 0 Å². The summed E-state index contributed by atoms with van der Waals surface area (Å²) in [5.74, 6) is -0.0193. The molecule has 1 heterocycles. The van der Waals surface area contributed by atoms with Crippen LogP contribution in [-0.4, -0.2) is 24.0 Å². The van der Waals surface area contributed by atoms with E-state index in [-0.39, 0.29) is 17.3 Å². The molecule has 2 N–H and O–H groups in total. The van der Waals surface area contributed by atoms with Gasteiger partial charge in [-0.15, -0.1) is 0 Å². The minimum atomic E-state index is -0.313. The number of pyridine rings is 1. The molecule has 0 aliphatic carbocycles. The molecular weight excluding hydrogens is 347 g/mol. The fourth-order valence-electron chi connectivity index (χ4n) is 2.52. The average molecular weight is 366 g/mol. The second kappa shape index (κ2) is 8.80. The van der Waals surface area contributed by atoms with Gasteiger partial charge in [-0.1, -0.05) is 18.2 Å². The third-order valence-electron chi connectivity index (χ3n) is 3.90. The minimum absolute atomic E-state index is 0.245. The zero-order valence-corrected chi connectivity index (χ0v) is 14.6. The van der Waals surface area contributed by atoms with Crippen molar-refractivity contribution in [1.82, 2.24) is 10.3 Å². The van der Waals surface area contributed by atoms with E-state index in [1.807, 2.05) is 24.3 Å². The number of ether oxygens (including phenoxy) is 1. The molecular formula is C21H19FN2O3. The first-order chi connectivity index (χ1) is 13.1. The second-order valence-electron chi connectivity index (χ2n) is 5.92. The van der Waals surface area contributed by atoms with Crippen LogP contribution >= 0.6 is 0 Å². The molecule has 0 aliphatic rings. The van der Waals surface area contributed by atoms with Crippen LogP contribution in [0.15, 0.2) is 65.5 Å². The summed E-state index contributed by atoms with van der Waals surface area (Å²) in [6, 6.07) is 15.0. The molecule has 0 unspecified atom stereocenters. The molecule has 27 heavy (non-hydrogen) atoms. The standard InChI is InChI=1S/C21H19FN2O3/c22-17-7-9-18(10-8-17)27-13-3-12-23-20(25)11-6-16-14-15-4-1-2-5-19(15)24-21(16)26/h1-2,4-11,14H,3,12-13H2,(H,23,25)(H,24,26)/b11-6+. The molecule has 3 rings (SSSR count). The molecule has 0 atom stereocenters. The number of para-hydroxylation sites is 1. The van der Waals surface area contributed by atoms with Crippen LogP contribution in [0.5, 0.6) is 5.75 Å². The number of rotatable bonds is 7. The van der Waals surface area contributed by atoms with E-state index in [4.69, 9.17) is 4.74 Å². The molecule has 0 saturated heterocycles. The number of carbonyl (C=O) groups excluding carboxylic acids is 1. The maximum Gasteiger partial charge on any atom is 0.255 e. The van der Waals surface area contributed by atoms with Gasteiger partial charge in [0.05, 0.1) is 6.61 Å². The minimum Gasteiger partial charge on any atom is -0.494 e. The molecule has 0 saturated carbocycles. The van der Waals surface area contributed by atoms with Crippen LogP contribution in [0.1, 0.15) is 12.0 Å². The highest BCUT2D eigenvalue weighted by Gasteiger charge is 2.01. The molecule has 138 valence electrons. The summed E-state index contributed by atoms with van der Waals surface area (Å²) < 4.78 is 18.2. The van der Waals surface area contributed by atoms with Crippen molar-refractivity contribution in [2.75, 3.05) is 13.2 Å². The predicted molar refractivity (Wildman–Crippen MR) is 103 cm³/mol. The van der Waals surface area contributed by atoms with Gasteiger partial charge in [-0.2, -0.15) is 0 Å². The van der Waals surface area contributed by atoms with Gasteiger partial charge < -0.3 is 15.0 Å². The largest absolute Gasteiger partial charge is 0.494 e. The maximum absolute atomic E-state index is 12.8. The summed E-state index contributed by atoms with van der Waals surface area (Å²) in [6.45, 7) is 0.832. The van der Waals surface area contributed by atoms with Crippen molar-refractivity contribution >= 4 is 22.9 Å². The molecule has 0 aliphatic heterocycles. The smallest absolute Gasteiger partial charge is 0.255 e. The van der Waals surface area contributed by atoms with E-state index in [9.17, 15) is 14.0 Å². The Morgan fingerprint density at radius 3 is 2.74 bits per heavy atom. The first-order valence-electron chi connectivity index (χ1n) is 8.58. The number of benzene rings is 2. The monoisotopic (exact) mass is 366 g/mol. The van der Waals surface area contributed by atoms with E-state index >= 15 is 0 Å². The number of halogens is 1. The van der Waals surface area contributed by atoms with Gasteiger partial charge in [0.2, 0.25) is 5.91 Å². The number of fused-ring (bicyclic) bond motifs is 1. The van der Waals surface area contributed by atoms with E-state index in [1.54, 1.807) is 18.2 Å². The Morgan fingerprint density at radius 1 is 1.15 bits per heavy atom. The first-order valence-corrected chi connectivity index (χ1v) is 8.58. The lowest BCUT2D eigenvalue weighted by molar-refractivity contribution is -0.116. The topological polar surface area (TPSA) is 71.2 Å². The Bertz CT molecular complexity index is 1010. The molecule has 2 aromatic carbocycles. The number of H-pyrrole nitrogens is 1. The number of nitrogens with one attached hydrogen (secondary N) is 2. The van der Waals surface area contributed by atoms with Crippen molar-refractivity contribution in [1.29, 1.82) is 0 Å². The fraction of sp³-hybridized carbons (Fsp3) is 0.143. The molecule has 1 aromatic heterocycles. The van der Waals surface area contributed by atoms with Gasteiger partial charge in [0, 0.05) is 23.7 Å². The van der Waals surface area contributed by atoms with E-state index in [2.05, 4.69) is 10.3 Å². The zero-order valence-electron chi connectivity index (χ0n) is 14.6. The van der Waals surface area contributed by atoms with Gasteiger partial charge in [0.1, 0.15) is 11.6 Å². The number of carbonyl (C=O) groups is 1. The highest BCUT2D eigenvalue weighted by molar-refractivity contribution is 5.92. The number of hydrogen-bond acceptors (Lipinski definition) is 3. The molecule has 0 radical (unpaired) electrons. The second-order valence-corrected chi connectivity index (χ2v) is 5.92. The summed E-state index contributed by atoms with van der Waals surface area (Å²) >= 11 is 0. The van der Waals surface area contributed by atoms with Crippen molar-refractivity contribution in [2.24, 2.45) is 0 Å². The number of aromatic nitrogens is 1. The first kappa shape index (κ1) is 18.4. The van der Waals surface area contributed by atoms with Crippen LogP contribution in [0.25, 0.3) is 17.0 Å². The maximum atomic E-state index is 12.8. The average Bonchev–Trinajstić information content (AvgIpc) is 2.67. The van der Waals surface area contributed by atoms with Gasteiger partial charge in [-0.05, 0) is 54.3 Å². The van der Waals surface area contributed by atoms with Gasteiger partial charge in [0.15, 0.2) is 0 Å². The molecule has 0 fully saturated rings. The zero-order chi connectivity index (χ0) is 19.1. The van der Waals surface area contributed by atoms with Crippen molar-refractivity contribution in [3.05, 3.63) is 82.4 Å². The Labute approximate surface area is 155 Å². The van der Waals surface area contributed by atoms with E-state index in [1.165, 1.54) is 24.3 Å². The summed E-state index contributed by atoms with van der Waals surface area (Å²) in [5.41, 5.74) is 0.930. The summed E-state index contributed by atoms with van der Waals surface area (Å²) in [5, 5.41) is 3.63. The SMILES string of the molecule is O=C(/C=C/c1cc2ccccc2[nH]c1=O)NCCCOc1ccc(F)cc1. The van der Waals surface area contributed by atoms with Gasteiger partial charge in [-0.3, -0.25) is 9.59 Å². The quantitative estimate of drug-likeness (QED) is 0.498. The molecule has 6 heteroatoms. The fourth-order valence-corrected chi connectivity index (χ4v) is 2.52. The number of hydrogen-bond donors (Lipinski definition) is 2. The summed E-state index contributed by atoms with van der Waals surface area (Å²) in [7, 11) is 0. The van der Waals surface area contributed by atoms with Crippen molar-refractivity contribution in [3.8, 4) is 5.75 Å². The lowest BCUT2D eigenvalue weighted by Crippen LogP contribution is -2.23. The van der Waals surface area contributed by atoms with Crippen molar-refractivity contribution in [2.45, 2.75) is 6.42 Å². The lowest BCUT2D eigenvalue weighted by Gasteiger charge is -2.06. The summed E-state index contributed by atoms with van der Waals surface area (Å²) in [6.07, 6.45) is 3.43. The predicted octanol–water partition coefficient (Wildman–Crippen LogP) is 3.27. The highest BCUT2D eigenvalue weighted by Crippen LogP contribution is 2.11. The highest BCUT2D eigenvalue weighted by atomic mass is 19.1. The Hall–Kier alpha value is -3.41. The molecule has 0 bridgehead atoms.